The second kappa shape index (κ2) is 7.27. The van der Waals surface area contributed by atoms with Crippen molar-refractivity contribution in [3.05, 3.63) is 40.9 Å². The lowest BCUT2D eigenvalue weighted by atomic mass is 10.1. The van der Waals surface area contributed by atoms with E-state index in [2.05, 4.69) is 46.2 Å². The summed E-state index contributed by atoms with van der Waals surface area (Å²) in [6.45, 7) is 3.94. The zero-order valence-corrected chi connectivity index (χ0v) is 14.8. The Bertz CT molecular complexity index is 699. The molecule has 0 bridgehead atoms. The van der Waals surface area contributed by atoms with Gasteiger partial charge in [0.1, 0.15) is 6.33 Å². The molecule has 1 aromatic heterocycles. The van der Waals surface area contributed by atoms with Gasteiger partial charge in [-0.1, -0.05) is 18.2 Å². The van der Waals surface area contributed by atoms with E-state index in [-0.39, 0.29) is 0 Å². The molecule has 0 amide bonds. The maximum atomic E-state index is 5.37. The Kier molecular flexibility index (Phi) is 5.13. The van der Waals surface area contributed by atoms with Crippen LogP contribution in [0.25, 0.3) is 0 Å². The molecule has 1 saturated heterocycles. The van der Waals surface area contributed by atoms with E-state index in [9.17, 15) is 0 Å². The Balaban J connectivity index is 1.72. The molecule has 2 heterocycles. The number of hydrogen-bond acceptors (Lipinski definition) is 4. The normalized spacial score (nSPS) is 15.3. The predicted molar refractivity (Wildman–Crippen MR) is 96.0 cm³/mol. The number of aryl methyl sites for hydroxylation is 1. The quantitative estimate of drug-likeness (QED) is 0.788. The topological polar surface area (TPSA) is 29.2 Å². The molecular formula is C17H25N5S. The van der Waals surface area contributed by atoms with Crippen molar-refractivity contribution >= 4 is 17.9 Å². The third-order valence-corrected chi connectivity index (χ3v) is 4.89. The largest absolute Gasteiger partial charge is 0.371 e. The molecule has 6 heteroatoms. The molecule has 1 aliphatic heterocycles. The van der Waals surface area contributed by atoms with Gasteiger partial charge in [-0.15, -0.1) is 0 Å². The fourth-order valence-electron chi connectivity index (χ4n) is 3.17. The number of para-hydroxylation sites is 1. The Hall–Kier alpha value is -1.66. The molecule has 5 nitrogen and oxygen atoms in total. The van der Waals surface area contributed by atoms with Gasteiger partial charge in [-0.25, -0.2) is 4.68 Å². The van der Waals surface area contributed by atoms with Crippen molar-refractivity contribution in [2.75, 3.05) is 25.0 Å². The van der Waals surface area contributed by atoms with E-state index in [1.807, 2.05) is 16.3 Å². The van der Waals surface area contributed by atoms with E-state index in [1.54, 1.807) is 6.33 Å². The van der Waals surface area contributed by atoms with Gasteiger partial charge < -0.3 is 9.47 Å². The van der Waals surface area contributed by atoms with Crippen LogP contribution in [-0.2, 0) is 20.3 Å². The highest BCUT2D eigenvalue weighted by molar-refractivity contribution is 7.71. The number of hydrogen-bond donors (Lipinski definition) is 0. The molecule has 1 aromatic carbocycles. The minimum Gasteiger partial charge on any atom is -0.371 e. The second-order valence-corrected chi connectivity index (χ2v) is 6.72. The summed E-state index contributed by atoms with van der Waals surface area (Å²) in [6, 6.07) is 8.75. The van der Waals surface area contributed by atoms with Crippen LogP contribution in [0.15, 0.2) is 30.6 Å². The summed E-state index contributed by atoms with van der Waals surface area (Å²) in [4.78, 5) is 4.78. The summed E-state index contributed by atoms with van der Waals surface area (Å²) in [5.41, 5.74) is 2.75. The van der Waals surface area contributed by atoms with Gasteiger partial charge in [0.25, 0.3) is 0 Å². The summed E-state index contributed by atoms with van der Waals surface area (Å²) in [6.07, 6.45) is 5.72. The van der Waals surface area contributed by atoms with Crippen molar-refractivity contribution in [2.45, 2.75) is 32.5 Å². The fraction of sp³-hybridized carbons (Fsp3) is 0.529. The predicted octanol–water partition coefficient (Wildman–Crippen LogP) is 3.03. The Labute approximate surface area is 143 Å². The molecule has 0 saturated carbocycles. The standard InChI is InChI=1S/C17H25N5S/c1-19(14-22-17(23)20(2)13-18-22)12-15-8-4-5-9-16(15)21-10-6-3-7-11-21/h4-5,8-9,13H,3,6-7,10-12,14H2,1-2H3. The van der Waals surface area contributed by atoms with Gasteiger partial charge >= 0.3 is 0 Å². The third-order valence-electron chi connectivity index (χ3n) is 4.39. The lowest BCUT2D eigenvalue weighted by Gasteiger charge is -2.31. The first-order chi connectivity index (χ1) is 11.1. The maximum absolute atomic E-state index is 5.37. The van der Waals surface area contributed by atoms with Crippen LogP contribution in [0.4, 0.5) is 5.69 Å². The van der Waals surface area contributed by atoms with Crippen molar-refractivity contribution < 1.29 is 0 Å². The van der Waals surface area contributed by atoms with Crippen LogP contribution in [0, 0.1) is 4.77 Å². The molecule has 1 fully saturated rings. The maximum Gasteiger partial charge on any atom is 0.198 e. The van der Waals surface area contributed by atoms with Crippen LogP contribution in [0.3, 0.4) is 0 Å². The number of anilines is 1. The summed E-state index contributed by atoms with van der Waals surface area (Å²) in [5.74, 6) is 0. The molecule has 0 spiro atoms. The average Bonchev–Trinajstić information content (AvgIpc) is 2.88. The molecule has 0 atom stereocenters. The van der Waals surface area contributed by atoms with Gasteiger partial charge in [-0.3, -0.25) is 4.90 Å². The highest BCUT2D eigenvalue weighted by atomic mass is 32.1. The first-order valence-corrected chi connectivity index (χ1v) is 8.66. The van der Waals surface area contributed by atoms with Crippen molar-refractivity contribution in [3.63, 3.8) is 0 Å². The number of benzene rings is 1. The minimum atomic E-state index is 0.702. The third kappa shape index (κ3) is 3.82. The number of rotatable bonds is 5. The minimum absolute atomic E-state index is 0.702. The summed E-state index contributed by atoms with van der Waals surface area (Å²) in [7, 11) is 4.04. The van der Waals surface area contributed by atoms with Crippen LogP contribution in [0.1, 0.15) is 24.8 Å². The van der Waals surface area contributed by atoms with Crippen LogP contribution in [0.2, 0.25) is 0 Å². The molecule has 0 N–H and O–H groups in total. The van der Waals surface area contributed by atoms with E-state index in [1.165, 1.54) is 43.6 Å². The van der Waals surface area contributed by atoms with Crippen molar-refractivity contribution in [1.29, 1.82) is 0 Å². The van der Waals surface area contributed by atoms with Gasteiger partial charge in [-0.05, 0) is 50.2 Å². The van der Waals surface area contributed by atoms with Crippen LogP contribution in [-0.4, -0.2) is 39.4 Å². The smallest absolute Gasteiger partial charge is 0.198 e. The number of nitrogens with zero attached hydrogens (tertiary/aromatic N) is 5. The average molecular weight is 331 g/mol. The Morgan fingerprint density at radius 1 is 1.17 bits per heavy atom. The Morgan fingerprint density at radius 2 is 1.91 bits per heavy atom. The zero-order chi connectivity index (χ0) is 16.2. The molecule has 0 radical (unpaired) electrons. The van der Waals surface area contributed by atoms with Crippen LogP contribution < -0.4 is 4.90 Å². The van der Waals surface area contributed by atoms with Crippen molar-refractivity contribution in [3.8, 4) is 0 Å². The molecular weight excluding hydrogens is 306 g/mol. The molecule has 0 aliphatic carbocycles. The lowest BCUT2D eigenvalue weighted by Crippen LogP contribution is -2.31. The van der Waals surface area contributed by atoms with Gasteiger partial charge in [0.15, 0.2) is 4.77 Å². The highest BCUT2D eigenvalue weighted by Gasteiger charge is 2.15. The molecule has 0 unspecified atom stereocenters. The van der Waals surface area contributed by atoms with E-state index in [4.69, 9.17) is 12.2 Å². The summed E-state index contributed by atoms with van der Waals surface area (Å²) >= 11 is 5.37. The van der Waals surface area contributed by atoms with Gasteiger partial charge in [-0.2, -0.15) is 5.10 Å². The second-order valence-electron chi connectivity index (χ2n) is 6.36. The lowest BCUT2D eigenvalue weighted by molar-refractivity contribution is 0.244. The molecule has 2 aromatic rings. The molecule has 1 aliphatic rings. The van der Waals surface area contributed by atoms with E-state index in [0.717, 1.165) is 11.3 Å². The Morgan fingerprint density at radius 3 is 2.61 bits per heavy atom. The monoisotopic (exact) mass is 331 g/mol. The van der Waals surface area contributed by atoms with E-state index in [0.29, 0.717) is 6.67 Å². The highest BCUT2D eigenvalue weighted by Crippen LogP contribution is 2.25. The van der Waals surface area contributed by atoms with Crippen LogP contribution >= 0.6 is 12.2 Å². The summed E-state index contributed by atoms with van der Waals surface area (Å²) < 4.78 is 4.48. The van der Waals surface area contributed by atoms with Crippen LogP contribution in [0.5, 0.6) is 0 Å². The van der Waals surface area contributed by atoms with Gasteiger partial charge in [0.05, 0.1) is 6.67 Å². The molecule has 3 rings (SSSR count). The summed E-state index contributed by atoms with van der Waals surface area (Å²) in [5, 5.41) is 4.33. The van der Waals surface area contributed by atoms with Crippen molar-refractivity contribution in [2.24, 2.45) is 7.05 Å². The zero-order valence-electron chi connectivity index (χ0n) is 14.0. The first-order valence-electron chi connectivity index (χ1n) is 8.25. The SMILES string of the molecule is CN(Cc1ccccc1N1CCCCC1)Cn1ncn(C)c1=S. The van der Waals surface area contributed by atoms with Gasteiger partial charge in [0.2, 0.25) is 0 Å². The molecule has 124 valence electrons. The number of aromatic nitrogens is 3. The van der Waals surface area contributed by atoms with Crippen molar-refractivity contribution in [1.82, 2.24) is 19.2 Å². The fourth-order valence-corrected chi connectivity index (χ4v) is 3.33. The van der Waals surface area contributed by atoms with E-state index < -0.39 is 0 Å². The van der Waals surface area contributed by atoms with E-state index >= 15 is 0 Å². The first kappa shape index (κ1) is 16.2. The molecule has 23 heavy (non-hydrogen) atoms. The number of piperidine rings is 1. The van der Waals surface area contributed by atoms with Gasteiger partial charge in [0, 0.05) is 32.4 Å².